The number of nitrogens with one attached hydrogen (secondary N) is 2. The summed E-state index contributed by atoms with van der Waals surface area (Å²) in [6.45, 7) is -2.05. The van der Waals surface area contributed by atoms with Gasteiger partial charge in [-0.05, 0) is 83.9 Å². The number of benzene rings is 4. The minimum atomic E-state index is -5.32. The van der Waals surface area contributed by atoms with Crippen molar-refractivity contribution < 1.29 is 200 Å². The number of rotatable bonds is 24. The van der Waals surface area contributed by atoms with Crippen molar-refractivity contribution in [3.63, 3.8) is 0 Å². The van der Waals surface area contributed by atoms with Crippen LogP contribution in [0.15, 0.2) is 105 Å². The molecule has 0 bridgehead atoms. The normalized spacial score (nSPS) is 11.5. The van der Waals surface area contributed by atoms with Gasteiger partial charge in [0, 0.05) is 37.6 Å². The number of aliphatic hydroxyl groups excluding tert-OH is 4. The van der Waals surface area contributed by atoms with Gasteiger partial charge < -0.3 is 68.5 Å². The molecule has 0 spiro atoms. The summed E-state index contributed by atoms with van der Waals surface area (Å²) in [5.74, 6) is -1.09. The van der Waals surface area contributed by atoms with Gasteiger partial charge in [-0.3, -0.25) is 0 Å². The molecule has 0 aliphatic rings. The number of hydrogen-bond donors (Lipinski definition) is 6. The first-order valence-corrected chi connectivity index (χ1v) is 26.0. The molecule has 0 fully saturated rings. The molecule has 6 rings (SSSR count). The molecule has 0 unspecified atom stereocenters. The van der Waals surface area contributed by atoms with E-state index >= 15 is 0 Å². The summed E-state index contributed by atoms with van der Waals surface area (Å²) in [5, 5.41) is 43.9. The molecule has 0 saturated heterocycles. The molecular weight excluding hydrogens is 1130 g/mol. The third-order valence-corrected chi connectivity index (χ3v) is 12.9. The van der Waals surface area contributed by atoms with Crippen LogP contribution in [-0.4, -0.2) is 155 Å². The topological polar surface area (TPSA) is 436 Å². The Balaban J connectivity index is 0.00000494. The van der Waals surface area contributed by atoms with Crippen molar-refractivity contribution in [3.05, 3.63) is 96.1 Å². The van der Waals surface area contributed by atoms with Gasteiger partial charge in [0.05, 0.1) is 46.0 Å². The molecule has 76 heavy (non-hydrogen) atoms. The minimum Gasteiger partial charge on any atom is -0.744 e. The maximum atomic E-state index is 12.6. The van der Waals surface area contributed by atoms with Crippen molar-refractivity contribution in [2.24, 2.45) is 0 Å². The Kier molecular flexibility index (Phi) is 27.7. The number of nitrogens with zero attached hydrogens (tertiary/aromatic N) is 8. The molecule has 4 aromatic carbocycles. The SMILES string of the molecule is O=S(=O)([O-])c1ccc(Oc2nc(Nc3ccc(C=Cc4ccc(Nc5nc(Oc6ccc(S(=O)(=O)[O-])cc6)nc(N(CCO)CCO)n5)cc4S(=O)(=O)[O-])c(S(=O)(=O)[O-])c3)nc(N(CCO)CCO)n2)cc1.[Na+].[Na+].[Na+].[Na+]. The molecule has 6 aromatic rings. The van der Waals surface area contributed by atoms with E-state index in [-0.39, 0.29) is 202 Å². The molecular formula is C40H38N10Na4O18S4. The van der Waals surface area contributed by atoms with E-state index in [0.717, 1.165) is 84.9 Å². The van der Waals surface area contributed by atoms with Crippen LogP contribution in [-0.2, 0) is 40.5 Å². The predicted molar refractivity (Wildman–Crippen MR) is 246 cm³/mol. The van der Waals surface area contributed by atoms with Gasteiger partial charge in [0.1, 0.15) is 52.0 Å². The Labute approximate surface area is 523 Å². The first kappa shape index (κ1) is 69.0. The maximum absolute atomic E-state index is 12.6. The molecule has 384 valence electrons. The van der Waals surface area contributed by atoms with Gasteiger partial charge in [-0.25, -0.2) is 33.7 Å². The van der Waals surface area contributed by atoms with E-state index in [1.807, 2.05) is 0 Å². The number of anilines is 6. The Morgan fingerprint density at radius 2 is 0.763 bits per heavy atom. The summed E-state index contributed by atoms with van der Waals surface area (Å²) < 4.78 is 155. The molecule has 0 radical (unpaired) electrons. The molecule has 0 amide bonds. The van der Waals surface area contributed by atoms with E-state index in [1.54, 1.807) is 0 Å². The van der Waals surface area contributed by atoms with E-state index < -0.39 is 98.5 Å². The van der Waals surface area contributed by atoms with E-state index in [2.05, 4.69) is 40.5 Å². The van der Waals surface area contributed by atoms with Gasteiger partial charge in [0.15, 0.2) is 0 Å². The van der Waals surface area contributed by atoms with Crippen molar-refractivity contribution in [2.45, 2.75) is 19.6 Å². The van der Waals surface area contributed by atoms with Crippen LogP contribution in [0.1, 0.15) is 11.1 Å². The zero-order valence-corrected chi connectivity index (χ0v) is 51.9. The van der Waals surface area contributed by atoms with Crippen LogP contribution in [0, 0.1) is 0 Å². The van der Waals surface area contributed by atoms with E-state index in [9.17, 15) is 72.3 Å². The Bertz CT molecular complexity index is 3180. The average Bonchev–Trinajstić information content (AvgIpc) is 3.30. The molecule has 2 heterocycles. The first-order chi connectivity index (χ1) is 34.0. The molecule has 6 N–H and O–H groups in total. The van der Waals surface area contributed by atoms with Crippen LogP contribution in [0.25, 0.3) is 12.2 Å². The van der Waals surface area contributed by atoms with Gasteiger partial charge in [-0.1, -0.05) is 24.3 Å². The zero-order valence-electron chi connectivity index (χ0n) is 40.6. The Morgan fingerprint density at radius 1 is 0.447 bits per heavy atom. The van der Waals surface area contributed by atoms with Crippen LogP contribution in [0.3, 0.4) is 0 Å². The summed E-state index contributed by atoms with van der Waals surface area (Å²) in [6, 6.07) is 14.2. The third-order valence-electron chi connectivity index (χ3n) is 9.42. The molecule has 0 saturated carbocycles. The summed E-state index contributed by atoms with van der Waals surface area (Å²) >= 11 is 0. The second kappa shape index (κ2) is 30.5. The molecule has 0 aliphatic heterocycles. The van der Waals surface area contributed by atoms with Gasteiger partial charge in [0.25, 0.3) is 0 Å². The summed E-state index contributed by atoms with van der Waals surface area (Å²) in [7, 11) is -20.2. The summed E-state index contributed by atoms with van der Waals surface area (Å²) in [4.78, 5) is 24.9. The molecule has 0 atom stereocenters. The summed E-state index contributed by atoms with van der Waals surface area (Å²) in [5.41, 5.74) is -0.778. The van der Waals surface area contributed by atoms with Crippen LogP contribution >= 0.6 is 0 Å². The molecule has 36 heteroatoms. The monoisotopic (exact) mass is 1170 g/mol. The van der Waals surface area contributed by atoms with E-state index in [0.29, 0.717) is 0 Å². The third kappa shape index (κ3) is 19.9. The predicted octanol–water partition coefficient (Wildman–Crippen LogP) is -11.5. The van der Waals surface area contributed by atoms with Crippen LogP contribution in [0.5, 0.6) is 23.5 Å². The van der Waals surface area contributed by atoms with Gasteiger partial charge in [-0.15, -0.1) is 0 Å². The number of ether oxygens (including phenoxy) is 2. The quantitative estimate of drug-likeness (QED) is 0.0186. The standard InChI is InChI=1S/C40H42N10O18S4.4Na/c51-19-15-49(16-20-52)37-43-35(45-39(47-37)67-29-7-11-31(12-8-29)69(55,56)57)41-27-5-3-25(33(23-27)71(61,62)63)1-2-26-4-6-28(24-34(26)72(64,65)66)42-36-44-38(50(17-21-53)18-22-54)48-40(46-36)68-30-9-13-32(14-10-30)70(58,59)60;;;;/h1-14,23-24,51-54H,15-22H2,(H,55,56,57)(H,58,59,60)(H,61,62,63)(H,64,65,66)(H,41,43,45,47)(H,42,44,46,48);;;;/q;4*+1/p-4. The van der Waals surface area contributed by atoms with Crippen LogP contribution in [0.2, 0.25) is 0 Å². The van der Waals surface area contributed by atoms with Crippen molar-refractivity contribution in [1.29, 1.82) is 0 Å². The van der Waals surface area contributed by atoms with Crippen molar-refractivity contribution in [3.8, 4) is 23.5 Å². The van der Waals surface area contributed by atoms with Gasteiger partial charge in [0.2, 0.25) is 23.8 Å². The van der Waals surface area contributed by atoms with E-state index in [1.165, 1.54) is 21.9 Å². The minimum absolute atomic E-state index is 0. The Hall–Kier alpha value is -3.08. The van der Waals surface area contributed by atoms with Crippen LogP contribution in [0.4, 0.5) is 35.2 Å². The Morgan fingerprint density at radius 3 is 1.04 bits per heavy atom. The van der Waals surface area contributed by atoms with Crippen LogP contribution < -0.4 is 148 Å². The second-order valence-corrected chi connectivity index (χ2v) is 19.9. The van der Waals surface area contributed by atoms with Gasteiger partial charge >= 0.3 is 130 Å². The fourth-order valence-corrected chi connectivity index (χ4v) is 8.54. The zero-order chi connectivity index (χ0) is 52.4. The van der Waals surface area contributed by atoms with Gasteiger partial charge in [-0.2, -0.15) is 29.9 Å². The fraction of sp³-hybridized carbons (Fsp3) is 0.200. The largest absolute Gasteiger partial charge is 1.00 e. The smallest absolute Gasteiger partial charge is 0.744 e. The van der Waals surface area contributed by atoms with Crippen molar-refractivity contribution in [1.82, 2.24) is 29.9 Å². The maximum Gasteiger partial charge on any atom is 1.00 e. The number of aliphatic hydroxyl groups is 4. The molecule has 28 nitrogen and oxygen atoms in total. The van der Waals surface area contributed by atoms with E-state index in [4.69, 9.17) is 9.47 Å². The number of aromatic nitrogens is 6. The number of hydrogen-bond acceptors (Lipinski definition) is 28. The summed E-state index contributed by atoms with van der Waals surface area (Å²) in [6.07, 6.45) is 2.09. The second-order valence-electron chi connectivity index (χ2n) is 14.4. The fourth-order valence-electron chi connectivity index (χ4n) is 6.21. The van der Waals surface area contributed by atoms with Crippen molar-refractivity contribution >= 4 is 87.8 Å². The molecule has 0 aliphatic carbocycles. The average molecular weight is 1170 g/mol. The van der Waals surface area contributed by atoms with Crippen molar-refractivity contribution in [2.75, 3.05) is 73.0 Å². The molecule has 2 aromatic heterocycles. The first-order valence-electron chi connectivity index (χ1n) is 20.3.